The molecule has 2 atom stereocenters. The molecule has 2 saturated heterocycles. The maximum atomic E-state index is 14.3. The molecule has 3 aliphatic heterocycles. The number of morpholine rings is 1. The van der Waals surface area contributed by atoms with E-state index in [4.69, 9.17) is 14.7 Å². The van der Waals surface area contributed by atoms with Gasteiger partial charge in [0.25, 0.3) is 5.91 Å². The summed E-state index contributed by atoms with van der Waals surface area (Å²) in [6, 6.07) is 3.76. The number of benzene rings is 1. The summed E-state index contributed by atoms with van der Waals surface area (Å²) in [5.41, 5.74) is 3.06. The molecule has 1 N–H and O–H groups in total. The van der Waals surface area contributed by atoms with Crippen LogP contribution >= 0.6 is 0 Å². The van der Waals surface area contributed by atoms with Crippen LogP contribution in [0.3, 0.4) is 0 Å². The van der Waals surface area contributed by atoms with Crippen LogP contribution in [-0.2, 0) is 4.74 Å². The molecule has 2 fully saturated rings. The minimum Gasteiger partial charge on any atom is -0.378 e. The Balaban J connectivity index is 1.53. The molecule has 198 valence electrons. The second kappa shape index (κ2) is 11.6. The van der Waals surface area contributed by atoms with Crippen molar-refractivity contribution in [1.82, 2.24) is 25.1 Å². The van der Waals surface area contributed by atoms with Crippen molar-refractivity contribution in [2.45, 2.75) is 31.3 Å². The Labute approximate surface area is 217 Å². The first-order chi connectivity index (χ1) is 18.0. The standard InChI is InChI=1S/C27H36FN7O2/c1-33(2)9-7-30-27(36)19-14-22(24-4-3-8-35(24)21-5-6-29-17-20(28)16-21)26-23(15-19)31-18-25(32-26)34-10-12-37-13-11-34/h14-18,21,24H,3-13H2,1-2H3,(H,30,36). The largest absolute Gasteiger partial charge is 0.378 e. The molecule has 2 aromatic rings. The second-order valence-electron chi connectivity index (χ2n) is 10.2. The maximum absolute atomic E-state index is 14.3. The van der Waals surface area contributed by atoms with Crippen molar-refractivity contribution in [3.05, 3.63) is 41.4 Å². The van der Waals surface area contributed by atoms with E-state index in [2.05, 4.69) is 20.1 Å². The number of halogens is 1. The minimum absolute atomic E-state index is 0.0124. The lowest BCUT2D eigenvalue weighted by atomic mass is 9.97. The zero-order valence-electron chi connectivity index (χ0n) is 21.7. The van der Waals surface area contributed by atoms with Crippen LogP contribution in [0, 0.1) is 0 Å². The summed E-state index contributed by atoms with van der Waals surface area (Å²) in [6.45, 7) is 5.63. The number of nitrogens with zero attached hydrogens (tertiary/aromatic N) is 6. The van der Waals surface area contributed by atoms with Gasteiger partial charge in [-0.3, -0.25) is 19.7 Å². The zero-order chi connectivity index (χ0) is 25.8. The summed E-state index contributed by atoms with van der Waals surface area (Å²) < 4.78 is 19.8. The first-order valence-corrected chi connectivity index (χ1v) is 13.2. The highest BCUT2D eigenvalue weighted by Gasteiger charge is 2.33. The molecule has 0 spiro atoms. The highest BCUT2D eigenvalue weighted by Crippen LogP contribution is 2.39. The lowest BCUT2D eigenvalue weighted by molar-refractivity contribution is 0.0951. The lowest BCUT2D eigenvalue weighted by Gasteiger charge is -2.32. The molecular weight excluding hydrogens is 473 g/mol. The number of hydrogen-bond donors (Lipinski definition) is 1. The average Bonchev–Trinajstić information content (AvgIpc) is 3.29. The highest BCUT2D eigenvalue weighted by molar-refractivity contribution is 5.98. The van der Waals surface area contributed by atoms with Crippen LogP contribution in [0.4, 0.5) is 10.2 Å². The number of hydrogen-bond acceptors (Lipinski definition) is 8. The van der Waals surface area contributed by atoms with Crippen LogP contribution in [0.25, 0.3) is 11.0 Å². The molecule has 37 heavy (non-hydrogen) atoms. The van der Waals surface area contributed by atoms with Gasteiger partial charge in [0.1, 0.15) is 11.6 Å². The zero-order valence-corrected chi connectivity index (χ0v) is 21.7. The van der Waals surface area contributed by atoms with Crippen LogP contribution < -0.4 is 10.2 Å². The quantitative estimate of drug-likeness (QED) is 0.614. The maximum Gasteiger partial charge on any atom is 0.251 e. The fourth-order valence-electron chi connectivity index (χ4n) is 5.41. The number of rotatable bonds is 7. The average molecular weight is 510 g/mol. The number of likely N-dealkylation sites (N-methyl/N-ethyl adjacent to an activating group) is 1. The summed E-state index contributed by atoms with van der Waals surface area (Å²) in [5.74, 6) is 0.405. The predicted molar refractivity (Wildman–Crippen MR) is 143 cm³/mol. The number of carbonyl (C=O) groups is 1. The molecular formula is C27H36FN7O2. The Hall–Kier alpha value is -2.95. The number of aliphatic imine (C=N–C) groups is 1. The van der Waals surface area contributed by atoms with Crippen molar-refractivity contribution in [3.63, 3.8) is 0 Å². The molecule has 1 aromatic carbocycles. The molecule has 9 nitrogen and oxygen atoms in total. The third-order valence-electron chi connectivity index (χ3n) is 7.31. The summed E-state index contributed by atoms with van der Waals surface area (Å²) in [4.78, 5) is 33.7. The Bertz CT molecular complexity index is 1180. The monoisotopic (exact) mass is 509 g/mol. The number of amides is 1. The summed E-state index contributed by atoms with van der Waals surface area (Å²) in [6.07, 6.45) is 7.46. The molecule has 0 saturated carbocycles. The molecule has 1 amide bonds. The molecule has 2 unspecified atom stereocenters. The van der Waals surface area contributed by atoms with E-state index >= 15 is 0 Å². The van der Waals surface area contributed by atoms with Gasteiger partial charge < -0.3 is 19.9 Å². The van der Waals surface area contributed by atoms with E-state index < -0.39 is 0 Å². The number of allylic oxidation sites excluding steroid dienone is 1. The predicted octanol–water partition coefficient (Wildman–Crippen LogP) is 2.59. The van der Waals surface area contributed by atoms with Crippen molar-refractivity contribution in [3.8, 4) is 0 Å². The van der Waals surface area contributed by atoms with Crippen LogP contribution in [0.1, 0.15) is 41.2 Å². The first-order valence-electron chi connectivity index (χ1n) is 13.2. The van der Waals surface area contributed by atoms with Gasteiger partial charge in [0.2, 0.25) is 0 Å². The van der Waals surface area contributed by atoms with Gasteiger partial charge in [-0.05, 0) is 63.7 Å². The smallest absolute Gasteiger partial charge is 0.251 e. The van der Waals surface area contributed by atoms with Crippen molar-refractivity contribution in [1.29, 1.82) is 0 Å². The van der Waals surface area contributed by atoms with E-state index in [1.54, 1.807) is 12.3 Å². The molecule has 1 aromatic heterocycles. The van der Waals surface area contributed by atoms with E-state index in [-0.39, 0.29) is 23.8 Å². The Morgan fingerprint density at radius 3 is 2.86 bits per heavy atom. The number of anilines is 1. The fraction of sp³-hybridized carbons (Fsp3) is 0.556. The van der Waals surface area contributed by atoms with Gasteiger partial charge in [-0.2, -0.15) is 0 Å². The number of ether oxygens (including phenoxy) is 1. The van der Waals surface area contributed by atoms with Crippen molar-refractivity contribution < 1.29 is 13.9 Å². The van der Waals surface area contributed by atoms with E-state index in [1.807, 2.05) is 31.1 Å². The fourth-order valence-corrected chi connectivity index (χ4v) is 5.41. The highest BCUT2D eigenvalue weighted by atomic mass is 19.1. The Kier molecular flexibility index (Phi) is 8.07. The molecule has 0 aliphatic carbocycles. The SMILES string of the molecule is CN(C)CCNC(=O)c1cc(C2CCCN2C2C=C(F)C=NCC2)c2nc(N3CCOCC3)cnc2c1. The molecule has 3 aliphatic rings. The van der Waals surface area contributed by atoms with Crippen LogP contribution in [-0.4, -0.2) is 105 Å². The Morgan fingerprint density at radius 2 is 2.05 bits per heavy atom. The summed E-state index contributed by atoms with van der Waals surface area (Å²) >= 11 is 0. The van der Waals surface area contributed by atoms with E-state index in [0.29, 0.717) is 37.4 Å². The van der Waals surface area contributed by atoms with Crippen LogP contribution in [0.5, 0.6) is 0 Å². The third kappa shape index (κ3) is 5.97. The summed E-state index contributed by atoms with van der Waals surface area (Å²) in [5, 5.41) is 3.02. The number of likely N-dealkylation sites (tertiary alicyclic amines) is 1. The second-order valence-corrected chi connectivity index (χ2v) is 10.2. The van der Waals surface area contributed by atoms with Gasteiger partial charge in [-0.15, -0.1) is 0 Å². The molecule has 10 heteroatoms. The number of fused-ring (bicyclic) bond motifs is 1. The van der Waals surface area contributed by atoms with Gasteiger partial charge in [-0.1, -0.05) is 0 Å². The topological polar surface area (TPSA) is 86.2 Å². The number of nitrogens with one attached hydrogen (secondary N) is 1. The van der Waals surface area contributed by atoms with E-state index in [9.17, 15) is 9.18 Å². The van der Waals surface area contributed by atoms with Crippen molar-refractivity contribution in [2.24, 2.45) is 4.99 Å². The summed E-state index contributed by atoms with van der Waals surface area (Å²) in [7, 11) is 3.96. The van der Waals surface area contributed by atoms with Crippen molar-refractivity contribution in [2.75, 3.05) is 71.5 Å². The third-order valence-corrected chi connectivity index (χ3v) is 7.31. The van der Waals surface area contributed by atoms with E-state index in [0.717, 1.165) is 62.3 Å². The number of aromatic nitrogens is 2. The van der Waals surface area contributed by atoms with Gasteiger partial charge in [0, 0.05) is 50.4 Å². The van der Waals surface area contributed by atoms with Crippen LogP contribution in [0.2, 0.25) is 0 Å². The van der Waals surface area contributed by atoms with E-state index in [1.165, 1.54) is 6.21 Å². The van der Waals surface area contributed by atoms with Gasteiger partial charge in [0.15, 0.2) is 0 Å². The first kappa shape index (κ1) is 25.7. The normalized spacial score (nSPS) is 22.9. The van der Waals surface area contributed by atoms with Gasteiger partial charge in [0.05, 0.1) is 36.7 Å². The molecule has 4 heterocycles. The number of carbonyl (C=O) groups excluding carboxylic acids is 1. The van der Waals surface area contributed by atoms with Gasteiger partial charge in [-0.25, -0.2) is 9.37 Å². The van der Waals surface area contributed by atoms with Crippen molar-refractivity contribution >= 4 is 29.0 Å². The minimum atomic E-state index is -0.290. The molecule has 0 radical (unpaired) electrons. The van der Waals surface area contributed by atoms with Crippen LogP contribution in [0.15, 0.2) is 35.2 Å². The van der Waals surface area contributed by atoms with Gasteiger partial charge >= 0.3 is 0 Å². The molecule has 5 rings (SSSR count). The Morgan fingerprint density at radius 1 is 1.22 bits per heavy atom. The molecule has 0 bridgehead atoms. The lowest BCUT2D eigenvalue weighted by Crippen LogP contribution is -2.37.